The number of hydrogen-bond donors (Lipinski definition) is 1. The second kappa shape index (κ2) is 5.92. The largest absolute Gasteiger partial charge is 0.497 e. The Balaban J connectivity index is 2.35. The number of nitrogens with zero attached hydrogens (tertiary/aromatic N) is 1. The second-order valence-electron chi connectivity index (χ2n) is 4.65. The number of rotatable bonds is 4. The Morgan fingerprint density at radius 3 is 2.55 bits per heavy atom. The zero-order valence-corrected chi connectivity index (χ0v) is 11.8. The lowest BCUT2D eigenvalue weighted by Gasteiger charge is -2.21. The molecule has 0 unspecified atom stereocenters. The minimum absolute atomic E-state index is 0.367. The van der Waals surface area contributed by atoms with Gasteiger partial charge in [0.05, 0.1) is 18.9 Å². The van der Waals surface area contributed by atoms with Gasteiger partial charge in [-0.05, 0) is 36.8 Å². The summed E-state index contributed by atoms with van der Waals surface area (Å²) in [5, 5.41) is 9.47. The van der Waals surface area contributed by atoms with Gasteiger partial charge in [0.1, 0.15) is 11.6 Å². The molecule has 0 amide bonds. The van der Waals surface area contributed by atoms with Gasteiger partial charge in [-0.2, -0.15) is 0 Å². The summed E-state index contributed by atoms with van der Waals surface area (Å²) in [5.41, 5.74) is 1.83. The molecule has 2 aromatic carbocycles. The van der Waals surface area contributed by atoms with E-state index in [9.17, 15) is 9.50 Å². The maximum absolute atomic E-state index is 14.1. The first-order chi connectivity index (χ1) is 9.52. The van der Waals surface area contributed by atoms with Crippen molar-refractivity contribution >= 4 is 11.4 Å². The van der Waals surface area contributed by atoms with Gasteiger partial charge in [0.25, 0.3) is 0 Å². The fourth-order valence-electron chi connectivity index (χ4n) is 2.01. The molecule has 3 nitrogen and oxygen atoms in total. The molecule has 0 aliphatic rings. The first-order valence-corrected chi connectivity index (χ1v) is 6.38. The lowest BCUT2D eigenvalue weighted by molar-refractivity contribution is 0.199. The molecule has 0 radical (unpaired) electrons. The highest BCUT2D eigenvalue weighted by Crippen LogP contribution is 2.30. The summed E-state index contributed by atoms with van der Waals surface area (Å²) in [6.45, 7) is 1.61. The highest BCUT2D eigenvalue weighted by atomic mass is 19.1. The molecule has 106 valence electrons. The molecule has 2 aromatic rings. The Kier molecular flexibility index (Phi) is 4.25. The van der Waals surface area contributed by atoms with E-state index in [0.717, 1.165) is 11.4 Å². The van der Waals surface area contributed by atoms with Crippen LogP contribution in [0.5, 0.6) is 5.75 Å². The van der Waals surface area contributed by atoms with Crippen molar-refractivity contribution in [2.75, 3.05) is 19.1 Å². The molecule has 0 bridgehead atoms. The molecule has 1 N–H and O–H groups in total. The number of halogens is 1. The Hall–Kier alpha value is -2.07. The minimum Gasteiger partial charge on any atom is -0.497 e. The van der Waals surface area contributed by atoms with E-state index < -0.39 is 6.10 Å². The normalized spacial score (nSPS) is 12.1. The molecule has 0 aliphatic heterocycles. The summed E-state index contributed by atoms with van der Waals surface area (Å²) >= 11 is 0. The van der Waals surface area contributed by atoms with E-state index >= 15 is 0 Å². The first-order valence-electron chi connectivity index (χ1n) is 6.38. The van der Waals surface area contributed by atoms with Crippen LogP contribution >= 0.6 is 0 Å². The number of hydrogen-bond acceptors (Lipinski definition) is 3. The van der Waals surface area contributed by atoms with Gasteiger partial charge in [-0.15, -0.1) is 0 Å². The van der Waals surface area contributed by atoms with E-state index in [0.29, 0.717) is 11.3 Å². The van der Waals surface area contributed by atoms with Gasteiger partial charge < -0.3 is 14.7 Å². The minimum atomic E-state index is -0.680. The van der Waals surface area contributed by atoms with Crippen LogP contribution in [0.4, 0.5) is 15.8 Å². The monoisotopic (exact) mass is 275 g/mol. The van der Waals surface area contributed by atoms with Gasteiger partial charge in [0, 0.05) is 18.8 Å². The molecule has 0 saturated heterocycles. The second-order valence-corrected chi connectivity index (χ2v) is 4.65. The molecule has 0 spiro atoms. The zero-order valence-electron chi connectivity index (χ0n) is 11.8. The van der Waals surface area contributed by atoms with E-state index in [2.05, 4.69) is 0 Å². The van der Waals surface area contributed by atoms with E-state index in [1.807, 2.05) is 24.3 Å². The Morgan fingerprint density at radius 1 is 1.20 bits per heavy atom. The zero-order chi connectivity index (χ0) is 14.7. The van der Waals surface area contributed by atoms with Crippen molar-refractivity contribution in [3.63, 3.8) is 0 Å². The predicted octanol–water partition coefficient (Wildman–Crippen LogP) is 3.66. The molecule has 0 aromatic heterocycles. The Morgan fingerprint density at radius 2 is 1.95 bits per heavy atom. The van der Waals surface area contributed by atoms with Crippen molar-refractivity contribution in [2.24, 2.45) is 0 Å². The quantitative estimate of drug-likeness (QED) is 0.924. The number of anilines is 2. The van der Waals surface area contributed by atoms with Crippen LogP contribution in [0.3, 0.4) is 0 Å². The molecule has 2 rings (SSSR count). The molecular formula is C16H18FNO2. The Labute approximate surface area is 118 Å². The maximum atomic E-state index is 14.1. The summed E-state index contributed by atoms with van der Waals surface area (Å²) in [6.07, 6.45) is -0.680. The topological polar surface area (TPSA) is 32.7 Å². The number of aliphatic hydroxyl groups excluding tert-OH is 1. The summed E-state index contributed by atoms with van der Waals surface area (Å²) in [7, 11) is 3.38. The van der Waals surface area contributed by atoms with Crippen LogP contribution in [0.2, 0.25) is 0 Å². The lowest BCUT2D eigenvalue weighted by Crippen LogP contribution is -2.11. The van der Waals surface area contributed by atoms with Gasteiger partial charge >= 0.3 is 0 Å². The third kappa shape index (κ3) is 2.91. The summed E-state index contributed by atoms with van der Waals surface area (Å²) in [6, 6.07) is 12.1. The fraction of sp³-hybridized carbons (Fsp3) is 0.250. The molecular weight excluding hydrogens is 257 g/mol. The van der Waals surface area contributed by atoms with Gasteiger partial charge in [0.15, 0.2) is 0 Å². The van der Waals surface area contributed by atoms with Gasteiger partial charge in [0.2, 0.25) is 0 Å². The van der Waals surface area contributed by atoms with Crippen LogP contribution in [0.15, 0.2) is 42.5 Å². The van der Waals surface area contributed by atoms with Crippen molar-refractivity contribution in [1.29, 1.82) is 0 Å². The summed E-state index contributed by atoms with van der Waals surface area (Å²) in [4.78, 5) is 1.74. The molecule has 1 atom stereocenters. The van der Waals surface area contributed by atoms with Crippen molar-refractivity contribution in [3.8, 4) is 5.75 Å². The fourth-order valence-corrected chi connectivity index (χ4v) is 2.01. The van der Waals surface area contributed by atoms with Crippen molar-refractivity contribution < 1.29 is 14.2 Å². The molecule has 0 aliphatic carbocycles. The average molecular weight is 275 g/mol. The molecule has 0 heterocycles. The number of benzene rings is 2. The highest BCUT2D eigenvalue weighted by Gasteiger charge is 2.12. The van der Waals surface area contributed by atoms with Crippen molar-refractivity contribution in [2.45, 2.75) is 13.0 Å². The third-order valence-corrected chi connectivity index (χ3v) is 3.26. The smallest absolute Gasteiger partial charge is 0.147 e. The number of methoxy groups -OCH3 is 1. The SMILES string of the molecule is COc1cccc(N(C)c2ccc([C@H](C)O)cc2F)c1. The predicted molar refractivity (Wildman–Crippen MR) is 78.1 cm³/mol. The molecule has 0 saturated carbocycles. The molecule has 4 heteroatoms. The van der Waals surface area contributed by atoms with Crippen LogP contribution in [0.25, 0.3) is 0 Å². The van der Waals surface area contributed by atoms with Gasteiger partial charge in [-0.3, -0.25) is 0 Å². The molecule has 0 fully saturated rings. The standard InChI is InChI=1S/C16H18FNO2/c1-11(19)12-7-8-16(15(17)9-12)18(2)13-5-4-6-14(10-13)20-3/h4-11,19H,1-3H3/t11-/m0/s1. The summed E-state index contributed by atoms with van der Waals surface area (Å²) < 4.78 is 19.3. The first kappa shape index (κ1) is 14.3. The third-order valence-electron chi connectivity index (χ3n) is 3.26. The Bertz CT molecular complexity index is 599. The van der Waals surface area contributed by atoms with Crippen LogP contribution in [0, 0.1) is 5.82 Å². The van der Waals surface area contributed by atoms with E-state index in [1.54, 1.807) is 38.1 Å². The summed E-state index contributed by atoms with van der Waals surface area (Å²) in [5.74, 6) is 0.351. The van der Waals surface area contributed by atoms with E-state index in [4.69, 9.17) is 4.74 Å². The van der Waals surface area contributed by atoms with Crippen LogP contribution in [0.1, 0.15) is 18.6 Å². The van der Waals surface area contributed by atoms with Gasteiger partial charge in [-0.1, -0.05) is 12.1 Å². The number of aliphatic hydroxyl groups is 1. The van der Waals surface area contributed by atoms with Crippen molar-refractivity contribution in [1.82, 2.24) is 0 Å². The lowest BCUT2D eigenvalue weighted by atomic mass is 10.1. The van der Waals surface area contributed by atoms with Crippen LogP contribution in [-0.2, 0) is 0 Å². The van der Waals surface area contributed by atoms with Crippen LogP contribution < -0.4 is 9.64 Å². The highest BCUT2D eigenvalue weighted by molar-refractivity contribution is 5.64. The van der Waals surface area contributed by atoms with Crippen molar-refractivity contribution in [3.05, 3.63) is 53.8 Å². The van der Waals surface area contributed by atoms with E-state index in [1.165, 1.54) is 6.07 Å². The van der Waals surface area contributed by atoms with Crippen LogP contribution in [-0.4, -0.2) is 19.3 Å². The average Bonchev–Trinajstić information content (AvgIpc) is 2.46. The number of ether oxygens (including phenoxy) is 1. The van der Waals surface area contributed by atoms with Gasteiger partial charge in [-0.25, -0.2) is 4.39 Å². The van der Waals surface area contributed by atoms with E-state index in [-0.39, 0.29) is 5.82 Å². The molecule has 20 heavy (non-hydrogen) atoms. The maximum Gasteiger partial charge on any atom is 0.147 e.